The number of ether oxygens (including phenoxy) is 5. The average molecular weight is 568 g/mol. The molecule has 11 heteroatoms. The van der Waals surface area contributed by atoms with Crippen LogP contribution in [0, 0.1) is 0 Å². The zero-order valence-electron chi connectivity index (χ0n) is 23.8. The monoisotopic (exact) mass is 567 g/mol. The maximum Gasteiger partial charge on any atom is 0.435 e. The van der Waals surface area contributed by atoms with Gasteiger partial charge in [0.2, 0.25) is 0 Å². The number of nitrogens with two attached hydrogens (primary N) is 1. The summed E-state index contributed by atoms with van der Waals surface area (Å²) in [7, 11) is 0. The molecule has 11 nitrogen and oxygen atoms in total. The Kier molecular flexibility index (Phi) is 10.7. The Labute approximate surface area is 239 Å². The van der Waals surface area contributed by atoms with E-state index in [1.54, 1.807) is 69.3 Å². The predicted octanol–water partition coefficient (Wildman–Crippen LogP) is 4.61. The molecule has 2 N–H and O–H groups in total. The van der Waals surface area contributed by atoms with Gasteiger partial charge in [-0.15, -0.1) is 0 Å². The van der Waals surface area contributed by atoms with Crippen LogP contribution in [0.15, 0.2) is 66.2 Å². The van der Waals surface area contributed by atoms with Crippen molar-refractivity contribution in [2.45, 2.75) is 58.5 Å². The van der Waals surface area contributed by atoms with Gasteiger partial charge in [-0.25, -0.2) is 14.4 Å². The molecule has 0 aromatic heterocycles. The van der Waals surface area contributed by atoms with Crippen LogP contribution in [0.25, 0.3) is 0 Å². The van der Waals surface area contributed by atoms with Gasteiger partial charge in [0.25, 0.3) is 0 Å². The van der Waals surface area contributed by atoms with E-state index >= 15 is 0 Å². The summed E-state index contributed by atoms with van der Waals surface area (Å²) < 4.78 is 27.4. The molecule has 2 aromatic carbocycles. The van der Waals surface area contributed by atoms with E-state index < -0.39 is 35.9 Å². The fourth-order valence-electron chi connectivity index (χ4n) is 3.98. The molecule has 1 fully saturated rings. The topological polar surface area (TPSA) is 139 Å². The van der Waals surface area contributed by atoms with Gasteiger partial charge < -0.3 is 29.4 Å². The molecule has 1 heterocycles. The number of likely N-dealkylation sites (tertiary alicyclic amines) is 1. The highest BCUT2D eigenvalue weighted by Gasteiger charge is 2.43. The van der Waals surface area contributed by atoms with Crippen molar-refractivity contribution in [2.75, 3.05) is 19.8 Å². The lowest BCUT2D eigenvalue weighted by Crippen LogP contribution is -2.44. The Balaban J connectivity index is 1.64. The van der Waals surface area contributed by atoms with Crippen LogP contribution in [-0.4, -0.2) is 66.4 Å². The minimum absolute atomic E-state index is 0.0201. The third kappa shape index (κ3) is 9.55. The van der Waals surface area contributed by atoms with Crippen molar-refractivity contribution in [3.05, 3.63) is 72.3 Å². The molecule has 0 saturated carbocycles. The first-order valence-electron chi connectivity index (χ1n) is 13.3. The fraction of sp³-hybridized carbons (Fsp3) is 0.400. The van der Waals surface area contributed by atoms with Crippen molar-refractivity contribution in [1.29, 1.82) is 0 Å². The molecule has 41 heavy (non-hydrogen) atoms. The Hall–Kier alpha value is -4.54. The average Bonchev–Trinajstić information content (AvgIpc) is 3.35. The summed E-state index contributed by atoms with van der Waals surface area (Å²) in [6.45, 7) is 11.4. The number of rotatable bonds is 10. The second kappa shape index (κ2) is 14.2. The van der Waals surface area contributed by atoms with Crippen LogP contribution < -0.4 is 15.2 Å². The molecular formula is C30H37N3O8. The first-order valence-corrected chi connectivity index (χ1v) is 13.3. The predicted molar refractivity (Wildman–Crippen MR) is 152 cm³/mol. The Morgan fingerprint density at radius 1 is 1.10 bits per heavy atom. The number of carbonyl (C=O) groups is 3. The Morgan fingerprint density at radius 2 is 1.83 bits per heavy atom. The van der Waals surface area contributed by atoms with Crippen LogP contribution in [0.3, 0.4) is 0 Å². The molecule has 1 saturated heterocycles. The van der Waals surface area contributed by atoms with Gasteiger partial charge in [-0.1, -0.05) is 36.9 Å². The van der Waals surface area contributed by atoms with Crippen LogP contribution in [0.4, 0.5) is 9.59 Å². The lowest BCUT2D eigenvalue weighted by molar-refractivity contribution is -0.147. The molecule has 1 aliphatic heterocycles. The van der Waals surface area contributed by atoms with Crippen molar-refractivity contribution in [3.63, 3.8) is 0 Å². The van der Waals surface area contributed by atoms with Crippen molar-refractivity contribution >= 4 is 24.0 Å². The number of aliphatic imine (C=N–C) groups is 1. The second-order valence-corrected chi connectivity index (χ2v) is 10.2. The van der Waals surface area contributed by atoms with Crippen LogP contribution in [-0.2, 0) is 25.6 Å². The summed E-state index contributed by atoms with van der Waals surface area (Å²) in [4.78, 5) is 42.9. The highest BCUT2D eigenvalue weighted by molar-refractivity contribution is 6.03. The van der Waals surface area contributed by atoms with Crippen LogP contribution >= 0.6 is 0 Å². The third-order valence-electron chi connectivity index (χ3n) is 5.75. The molecule has 2 amide bonds. The fourth-order valence-corrected chi connectivity index (χ4v) is 3.98. The maximum absolute atomic E-state index is 12.8. The molecule has 2 aromatic rings. The zero-order valence-corrected chi connectivity index (χ0v) is 23.8. The quantitative estimate of drug-likeness (QED) is 0.143. The summed E-state index contributed by atoms with van der Waals surface area (Å²) in [5, 5.41) is 0. The van der Waals surface area contributed by atoms with Crippen LogP contribution in [0.2, 0.25) is 0 Å². The molecule has 2 atom stereocenters. The number of hydrogen-bond donors (Lipinski definition) is 1. The standard InChI is InChI=1S/C30H37N3O8/c1-6-15-38-27(34)25-17-24(18-33(25)29(36)41-30(3,4)5)40-23-10-8-9-21(16-23)26(31)32-28(35)39-19-20-11-13-22(14-12-20)37-7-2/h6,8-14,16,24-25H,1,7,15,17-19H2,2-5H3,(H2,31,32,35)/t24-,25+/m0/s1. The number of esters is 1. The number of amides is 2. The molecule has 0 bridgehead atoms. The lowest BCUT2D eigenvalue weighted by atomic mass is 10.2. The van der Waals surface area contributed by atoms with Crippen LogP contribution in [0.5, 0.6) is 11.5 Å². The molecule has 3 rings (SSSR count). The van der Waals surface area contributed by atoms with E-state index in [2.05, 4.69) is 11.6 Å². The highest BCUT2D eigenvalue weighted by Crippen LogP contribution is 2.26. The number of nitrogens with zero attached hydrogens (tertiary/aromatic N) is 2. The summed E-state index contributed by atoms with van der Waals surface area (Å²) in [5.41, 5.74) is 6.53. The smallest absolute Gasteiger partial charge is 0.435 e. The second-order valence-electron chi connectivity index (χ2n) is 10.2. The van der Waals surface area contributed by atoms with E-state index in [-0.39, 0.29) is 32.0 Å². The molecule has 0 unspecified atom stereocenters. The van der Waals surface area contributed by atoms with E-state index in [4.69, 9.17) is 29.4 Å². The van der Waals surface area contributed by atoms with Crippen molar-refractivity contribution < 1.29 is 38.1 Å². The normalized spacial score (nSPS) is 17.0. The first kappa shape index (κ1) is 31.0. The van der Waals surface area contributed by atoms with Gasteiger partial charge >= 0.3 is 18.2 Å². The first-order chi connectivity index (χ1) is 19.5. The molecule has 0 radical (unpaired) electrons. The summed E-state index contributed by atoms with van der Waals surface area (Å²) in [5.74, 6) is 0.512. The van der Waals surface area contributed by atoms with Gasteiger partial charge in [-0.05, 0) is 57.5 Å². The molecule has 0 spiro atoms. The third-order valence-corrected chi connectivity index (χ3v) is 5.75. The SMILES string of the molecule is C=CCOC(=O)[C@H]1C[C@H](Oc2cccc(/C(N)=N/C(=O)OCc3ccc(OCC)cc3)c2)CN1C(=O)OC(C)(C)C. The molecule has 0 aliphatic carbocycles. The molecule has 1 aliphatic rings. The van der Waals surface area contributed by atoms with Gasteiger partial charge in [0.05, 0.1) is 13.2 Å². The van der Waals surface area contributed by atoms with Gasteiger partial charge in [0.1, 0.15) is 48.3 Å². The van der Waals surface area contributed by atoms with Crippen molar-refractivity contribution in [2.24, 2.45) is 10.7 Å². The Bertz CT molecular complexity index is 1250. The zero-order chi connectivity index (χ0) is 30.0. The number of benzene rings is 2. The van der Waals surface area contributed by atoms with E-state index in [0.717, 1.165) is 11.3 Å². The van der Waals surface area contributed by atoms with E-state index in [9.17, 15) is 14.4 Å². The van der Waals surface area contributed by atoms with Gasteiger partial charge in [0, 0.05) is 12.0 Å². The van der Waals surface area contributed by atoms with Crippen molar-refractivity contribution in [3.8, 4) is 11.5 Å². The number of hydrogen-bond acceptors (Lipinski definition) is 8. The van der Waals surface area contributed by atoms with Gasteiger partial charge in [-0.3, -0.25) is 4.90 Å². The van der Waals surface area contributed by atoms with Gasteiger partial charge in [-0.2, -0.15) is 4.99 Å². The number of carbonyl (C=O) groups excluding carboxylic acids is 3. The molecule has 220 valence electrons. The molecular weight excluding hydrogens is 530 g/mol. The minimum atomic E-state index is -0.880. The van der Waals surface area contributed by atoms with Crippen LogP contribution in [0.1, 0.15) is 45.2 Å². The lowest BCUT2D eigenvalue weighted by Gasteiger charge is -2.27. The minimum Gasteiger partial charge on any atom is -0.494 e. The van der Waals surface area contributed by atoms with Gasteiger partial charge in [0.15, 0.2) is 0 Å². The largest absolute Gasteiger partial charge is 0.494 e. The van der Waals surface area contributed by atoms with Crippen molar-refractivity contribution in [1.82, 2.24) is 4.90 Å². The highest BCUT2D eigenvalue weighted by atomic mass is 16.6. The summed E-state index contributed by atoms with van der Waals surface area (Å²) >= 11 is 0. The summed E-state index contributed by atoms with van der Waals surface area (Å²) in [6, 6.07) is 13.0. The number of amidine groups is 1. The Morgan fingerprint density at radius 3 is 2.49 bits per heavy atom. The van der Waals surface area contributed by atoms with E-state index in [1.165, 1.54) is 11.0 Å². The van der Waals surface area contributed by atoms with E-state index in [1.807, 2.05) is 6.92 Å². The summed E-state index contributed by atoms with van der Waals surface area (Å²) in [6.07, 6.45) is -0.367. The van der Waals surface area contributed by atoms with E-state index in [0.29, 0.717) is 17.9 Å². The maximum atomic E-state index is 12.8.